The van der Waals surface area contributed by atoms with E-state index in [2.05, 4.69) is 4.98 Å². The first kappa shape index (κ1) is 14.4. The fourth-order valence-electron chi connectivity index (χ4n) is 2.33. The van der Waals surface area contributed by atoms with E-state index in [4.69, 9.17) is 4.74 Å². The van der Waals surface area contributed by atoms with E-state index in [0.29, 0.717) is 21.6 Å². The largest absolute Gasteiger partial charge is 0.416 e. The van der Waals surface area contributed by atoms with E-state index < -0.39 is 17.4 Å². The number of halogens is 3. The van der Waals surface area contributed by atoms with Crippen LogP contribution < -0.4 is 5.69 Å². The maximum absolute atomic E-state index is 13.0. The molecule has 1 atom stereocenters. The van der Waals surface area contributed by atoms with Crippen LogP contribution in [0.4, 0.5) is 13.2 Å². The smallest absolute Gasteiger partial charge is 0.379 e. The molecule has 0 aliphatic carbocycles. The molecular weight excluding hydrogens is 305 g/mol. The summed E-state index contributed by atoms with van der Waals surface area (Å²) >= 11 is 1.26. The van der Waals surface area contributed by atoms with Gasteiger partial charge in [0.25, 0.3) is 0 Å². The fourth-order valence-corrected chi connectivity index (χ4v) is 3.51. The van der Waals surface area contributed by atoms with E-state index in [-0.39, 0.29) is 12.6 Å². The van der Waals surface area contributed by atoms with Gasteiger partial charge in [0.05, 0.1) is 23.7 Å². The summed E-state index contributed by atoms with van der Waals surface area (Å²) in [6.07, 6.45) is -3.48. The van der Waals surface area contributed by atoms with Gasteiger partial charge in [0.2, 0.25) is 0 Å². The molecule has 2 aromatic rings. The molecule has 0 saturated heterocycles. The number of hydrogen-bond donors (Lipinski definition) is 0. The van der Waals surface area contributed by atoms with Crippen LogP contribution in [-0.4, -0.2) is 28.5 Å². The zero-order valence-corrected chi connectivity index (χ0v) is 11.8. The van der Waals surface area contributed by atoms with Crippen molar-refractivity contribution < 1.29 is 17.9 Å². The minimum absolute atomic E-state index is 0.248. The topological polar surface area (TPSA) is 44.1 Å². The predicted octanol–water partition coefficient (Wildman–Crippen LogP) is 2.54. The van der Waals surface area contributed by atoms with Gasteiger partial charge < -0.3 is 4.74 Å². The van der Waals surface area contributed by atoms with Crippen molar-refractivity contribution >= 4 is 22.7 Å². The number of rotatable bonds is 1. The fraction of sp³-hybridized carbons (Fsp3) is 0.385. The van der Waals surface area contributed by atoms with Crippen LogP contribution in [0.2, 0.25) is 0 Å². The summed E-state index contributed by atoms with van der Waals surface area (Å²) in [4.78, 5) is 16.0. The normalized spacial score (nSPS) is 18.8. The lowest BCUT2D eigenvalue weighted by molar-refractivity contribution is -0.137. The molecule has 2 heterocycles. The van der Waals surface area contributed by atoms with Gasteiger partial charge in [0.1, 0.15) is 0 Å². The average molecular weight is 316 g/mol. The van der Waals surface area contributed by atoms with E-state index in [1.807, 2.05) is 0 Å². The van der Waals surface area contributed by atoms with Crippen LogP contribution in [0.5, 0.6) is 0 Å². The third kappa shape index (κ3) is 2.53. The van der Waals surface area contributed by atoms with Crippen molar-refractivity contribution in [2.24, 2.45) is 0 Å². The first-order valence-electron chi connectivity index (χ1n) is 6.16. The molecule has 0 radical (unpaired) electrons. The van der Waals surface area contributed by atoms with Crippen molar-refractivity contribution in [3.05, 3.63) is 34.4 Å². The van der Waals surface area contributed by atoms with Gasteiger partial charge in [-0.15, -0.1) is 11.8 Å². The number of thioether (sulfide) groups is 1. The van der Waals surface area contributed by atoms with Gasteiger partial charge in [-0.05, 0) is 12.1 Å². The SMILES string of the molecule is COC1CSc2cc(C(F)(F)F)cc3cnc(=O)n(c23)C1. The van der Waals surface area contributed by atoms with Gasteiger partial charge in [0.15, 0.2) is 0 Å². The van der Waals surface area contributed by atoms with E-state index >= 15 is 0 Å². The van der Waals surface area contributed by atoms with E-state index in [0.717, 1.165) is 12.1 Å². The highest BCUT2D eigenvalue weighted by molar-refractivity contribution is 7.99. The maximum atomic E-state index is 13.0. The van der Waals surface area contributed by atoms with E-state index in [1.165, 1.54) is 29.6 Å². The first-order chi connectivity index (χ1) is 9.90. The Hall–Kier alpha value is -1.54. The Morgan fingerprint density at radius 2 is 2.19 bits per heavy atom. The molecule has 0 spiro atoms. The molecule has 112 valence electrons. The zero-order valence-electron chi connectivity index (χ0n) is 11.0. The maximum Gasteiger partial charge on any atom is 0.416 e. The first-order valence-corrected chi connectivity index (χ1v) is 7.15. The highest BCUT2D eigenvalue weighted by atomic mass is 32.2. The van der Waals surface area contributed by atoms with Crippen LogP contribution in [0, 0.1) is 0 Å². The minimum Gasteiger partial charge on any atom is -0.379 e. The number of alkyl halides is 3. The number of benzene rings is 1. The molecule has 21 heavy (non-hydrogen) atoms. The van der Waals surface area contributed by atoms with Crippen molar-refractivity contribution in [2.45, 2.75) is 23.7 Å². The number of ether oxygens (including phenoxy) is 1. The second kappa shape index (κ2) is 5.03. The molecule has 0 fully saturated rings. The quantitative estimate of drug-likeness (QED) is 0.811. The molecule has 3 rings (SSSR count). The summed E-state index contributed by atoms with van der Waals surface area (Å²) in [6, 6.07) is 2.11. The second-order valence-corrected chi connectivity index (χ2v) is 5.79. The highest BCUT2D eigenvalue weighted by Crippen LogP contribution is 2.37. The molecule has 4 nitrogen and oxygen atoms in total. The number of methoxy groups -OCH3 is 1. The molecule has 1 aromatic carbocycles. The van der Waals surface area contributed by atoms with Gasteiger partial charge in [0, 0.05) is 29.3 Å². The Labute approximate surface area is 121 Å². The summed E-state index contributed by atoms with van der Waals surface area (Å²) in [5.41, 5.74) is -0.721. The van der Waals surface area contributed by atoms with Gasteiger partial charge in [-0.25, -0.2) is 9.78 Å². The summed E-state index contributed by atoms with van der Waals surface area (Å²) in [5, 5.41) is 0.309. The molecule has 8 heteroatoms. The molecule has 0 saturated carbocycles. The van der Waals surface area contributed by atoms with Gasteiger partial charge >= 0.3 is 11.9 Å². The highest BCUT2D eigenvalue weighted by Gasteiger charge is 2.32. The summed E-state index contributed by atoms with van der Waals surface area (Å²) in [7, 11) is 1.51. The van der Waals surface area contributed by atoms with Crippen molar-refractivity contribution in [1.29, 1.82) is 0 Å². The number of aromatic nitrogens is 2. The van der Waals surface area contributed by atoms with Crippen molar-refractivity contribution in [1.82, 2.24) is 9.55 Å². The van der Waals surface area contributed by atoms with Crippen LogP contribution >= 0.6 is 11.8 Å². The third-order valence-electron chi connectivity index (χ3n) is 3.39. The summed E-state index contributed by atoms with van der Waals surface area (Å²) in [5.74, 6) is 0.480. The number of hydrogen-bond acceptors (Lipinski definition) is 4. The third-order valence-corrected chi connectivity index (χ3v) is 4.55. The molecule has 1 aliphatic heterocycles. The second-order valence-electron chi connectivity index (χ2n) is 4.73. The molecule has 1 unspecified atom stereocenters. The Morgan fingerprint density at radius 3 is 2.86 bits per heavy atom. The van der Waals surface area contributed by atoms with Crippen LogP contribution in [0.15, 0.2) is 28.0 Å². The Bertz CT molecular complexity index is 757. The lowest BCUT2D eigenvalue weighted by atomic mass is 10.1. The molecular formula is C13H11F3N2O2S. The lowest BCUT2D eigenvalue weighted by Crippen LogP contribution is -2.29. The van der Waals surface area contributed by atoms with E-state index in [1.54, 1.807) is 0 Å². The van der Waals surface area contributed by atoms with Crippen molar-refractivity contribution in [3.8, 4) is 0 Å². The summed E-state index contributed by atoms with van der Waals surface area (Å²) in [6.45, 7) is 0.283. The molecule has 1 aliphatic rings. The molecule has 1 aromatic heterocycles. The predicted molar refractivity (Wildman–Crippen MR) is 72.5 cm³/mol. The minimum atomic E-state index is -4.43. The molecule has 0 amide bonds. The van der Waals surface area contributed by atoms with Gasteiger partial charge in [-0.2, -0.15) is 13.2 Å². The number of nitrogens with zero attached hydrogens (tertiary/aromatic N) is 2. The van der Waals surface area contributed by atoms with Gasteiger partial charge in [-0.1, -0.05) is 0 Å². The van der Waals surface area contributed by atoms with Crippen LogP contribution in [0.1, 0.15) is 5.56 Å². The summed E-state index contributed by atoms with van der Waals surface area (Å²) < 4.78 is 45.5. The Kier molecular flexibility index (Phi) is 3.45. The van der Waals surface area contributed by atoms with Crippen LogP contribution in [0.25, 0.3) is 10.9 Å². The van der Waals surface area contributed by atoms with Crippen LogP contribution in [-0.2, 0) is 17.5 Å². The Morgan fingerprint density at radius 1 is 1.43 bits per heavy atom. The standard InChI is InChI=1S/C13H11F3N2O2S/c1-20-9-5-18-11-7(4-17-12(18)19)2-8(13(14,15)16)3-10(11)21-6-9/h2-4,9H,5-6H2,1H3. The van der Waals surface area contributed by atoms with Gasteiger partial charge in [-0.3, -0.25) is 4.57 Å². The van der Waals surface area contributed by atoms with E-state index in [9.17, 15) is 18.0 Å². The monoisotopic (exact) mass is 316 g/mol. The zero-order chi connectivity index (χ0) is 15.2. The Balaban J connectivity index is 2.30. The average Bonchev–Trinajstić information content (AvgIpc) is 2.62. The lowest BCUT2D eigenvalue weighted by Gasteiger charge is -2.14. The van der Waals surface area contributed by atoms with Crippen molar-refractivity contribution in [2.75, 3.05) is 12.9 Å². The molecule has 0 N–H and O–H groups in total. The van der Waals surface area contributed by atoms with Crippen molar-refractivity contribution in [3.63, 3.8) is 0 Å². The van der Waals surface area contributed by atoms with Crippen LogP contribution in [0.3, 0.4) is 0 Å². The molecule has 0 bridgehead atoms.